The maximum Gasteiger partial charge on any atom is 0.317 e. The third-order valence-electron chi connectivity index (χ3n) is 5.87. The molecule has 1 saturated carbocycles. The summed E-state index contributed by atoms with van der Waals surface area (Å²) in [6, 6.07) is 0.304. The highest BCUT2D eigenvalue weighted by atomic mass is 35.5. The van der Waals surface area contributed by atoms with Crippen LogP contribution in [-0.2, 0) is 4.79 Å². The average Bonchev–Trinajstić information content (AvgIpc) is 3.07. The van der Waals surface area contributed by atoms with Crippen LogP contribution in [0, 0.1) is 11.8 Å². The second kappa shape index (κ2) is 9.62. The summed E-state index contributed by atoms with van der Waals surface area (Å²) >= 11 is 0. The van der Waals surface area contributed by atoms with E-state index in [-0.39, 0.29) is 36.2 Å². The minimum Gasteiger partial charge on any atom is -0.349 e. The first-order chi connectivity index (χ1) is 11.4. The Balaban J connectivity index is 0.00000312. The highest BCUT2D eigenvalue weighted by molar-refractivity contribution is 5.85. The maximum absolute atomic E-state index is 12.7. The van der Waals surface area contributed by atoms with Crippen molar-refractivity contribution in [1.29, 1.82) is 0 Å². The van der Waals surface area contributed by atoms with E-state index in [1.807, 2.05) is 6.92 Å². The van der Waals surface area contributed by atoms with E-state index in [1.165, 1.54) is 12.8 Å². The van der Waals surface area contributed by atoms with Gasteiger partial charge in [0.05, 0.1) is 11.5 Å². The van der Waals surface area contributed by atoms with Crippen molar-refractivity contribution in [3.8, 4) is 0 Å². The zero-order chi connectivity index (χ0) is 17.7. The molecular weight excluding hydrogens is 340 g/mol. The van der Waals surface area contributed by atoms with Gasteiger partial charge in [0.15, 0.2) is 0 Å². The molecule has 2 atom stereocenters. The summed E-state index contributed by atoms with van der Waals surface area (Å²) in [5.41, 5.74) is 5.47. The maximum atomic E-state index is 12.7. The summed E-state index contributed by atoms with van der Waals surface area (Å²) in [5.74, 6) is 0.143. The van der Waals surface area contributed by atoms with E-state index in [9.17, 15) is 9.59 Å². The van der Waals surface area contributed by atoms with Gasteiger partial charge in [0.1, 0.15) is 0 Å². The molecule has 0 radical (unpaired) electrons. The molecule has 0 aromatic rings. The number of urea groups is 1. The highest BCUT2D eigenvalue weighted by Gasteiger charge is 2.34. The van der Waals surface area contributed by atoms with Gasteiger partial charge >= 0.3 is 6.03 Å². The second-order valence-corrected chi connectivity index (χ2v) is 7.98. The highest BCUT2D eigenvalue weighted by Crippen LogP contribution is 2.22. The van der Waals surface area contributed by atoms with Crippen LogP contribution in [0.4, 0.5) is 4.79 Å². The fourth-order valence-electron chi connectivity index (χ4n) is 3.53. The van der Waals surface area contributed by atoms with E-state index in [0.717, 1.165) is 32.2 Å². The molecule has 6 nitrogen and oxygen atoms in total. The summed E-state index contributed by atoms with van der Waals surface area (Å²) in [4.78, 5) is 26.9. The lowest BCUT2D eigenvalue weighted by molar-refractivity contribution is -0.128. The number of piperidine rings is 1. The lowest BCUT2D eigenvalue weighted by atomic mass is 9.87. The molecule has 2 unspecified atom stereocenters. The number of carbonyl (C=O) groups excluding carboxylic acids is 2. The Bertz CT molecular complexity index is 454. The van der Waals surface area contributed by atoms with Crippen LogP contribution in [0.1, 0.15) is 59.3 Å². The molecule has 1 saturated heterocycles. The number of halogens is 1. The molecule has 1 aliphatic carbocycles. The van der Waals surface area contributed by atoms with Crippen molar-refractivity contribution in [2.75, 3.05) is 19.6 Å². The van der Waals surface area contributed by atoms with Crippen LogP contribution >= 0.6 is 12.4 Å². The summed E-state index contributed by atoms with van der Waals surface area (Å²) < 4.78 is 0. The number of amides is 3. The minimum absolute atomic E-state index is 0. The predicted molar refractivity (Wildman–Crippen MR) is 103 cm³/mol. The lowest BCUT2D eigenvalue weighted by Gasteiger charge is -2.38. The van der Waals surface area contributed by atoms with Gasteiger partial charge in [-0.1, -0.05) is 26.7 Å². The normalized spacial score (nSPS) is 23.7. The molecule has 0 spiro atoms. The van der Waals surface area contributed by atoms with Crippen molar-refractivity contribution in [2.24, 2.45) is 17.6 Å². The fraction of sp³-hybridized carbons (Fsp3) is 0.889. The van der Waals surface area contributed by atoms with Crippen molar-refractivity contribution >= 4 is 24.3 Å². The van der Waals surface area contributed by atoms with Crippen LogP contribution in [0.5, 0.6) is 0 Å². The van der Waals surface area contributed by atoms with E-state index >= 15 is 0 Å². The topological polar surface area (TPSA) is 87.5 Å². The Hall–Kier alpha value is -1.01. The number of nitrogens with one attached hydrogen (secondary N) is 2. The molecule has 25 heavy (non-hydrogen) atoms. The molecule has 146 valence electrons. The van der Waals surface area contributed by atoms with E-state index in [1.54, 1.807) is 4.90 Å². The van der Waals surface area contributed by atoms with Gasteiger partial charge < -0.3 is 21.3 Å². The van der Waals surface area contributed by atoms with Gasteiger partial charge in [0, 0.05) is 25.7 Å². The molecule has 1 aliphatic heterocycles. The standard InChI is InChI=1S/C18H34N4O2.ClH/c1-13(2)18(3,12-19)21-16(23)14-7-6-10-22(11-14)17(24)20-15-8-4-5-9-15;/h13-15H,4-12,19H2,1-3H3,(H,20,24)(H,21,23);1H. The van der Waals surface area contributed by atoms with Crippen molar-refractivity contribution in [3.05, 3.63) is 0 Å². The Labute approximate surface area is 158 Å². The van der Waals surface area contributed by atoms with E-state index in [0.29, 0.717) is 19.1 Å². The molecule has 0 bridgehead atoms. The van der Waals surface area contributed by atoms with Gasteiger partial charge in [-0.2, -0.15) is 0 Å². The first kappa shape index (κ1) is 22.0. The van der Waals surface area contributed by atoms with Crippen LogP contribution < -0.4 is 16.4 Å². The number of nitrogens with two attached hydrogens (primary N) is 1. The zero-order valence-corrected chi connectivity index (χ0v) is 16.7. The van der Waals surface area contributed by atoms with E-state index in [4.69, 9.17) is 5.73 Å². The van der Waals surface area contributed by atoms with Gasteiger partial charge in [-0.3, -0.25) is 4.79 Å². The molecule has 0 aromatic carbocycles. The smallest absolute Gasteiger partial charge is 0.317 e. The number of hydrogen-bond donors (Lipinski definition) is 3. The Kier molecular flexibility index (Phi) is 8.48. The number of likely N-dealkylation sites (tertiary alicyclic amines) is 1. The van der Waals surface area contributed by atoms with Crippen LogP contribution in [0.25, 0.3) is 0 Å². The largest absolute Gasteiger partial charge is 0.349 e. The van der Waals surface area contributed by atoms with Crippen molar-refractivity contribution in [1.82, 2.24) is 15.5 Å². The van der Waals surface area contributed by atoms with Crippen molar-refractivity contribution in [2.45, 2.75) is 70.9 Å². The number of rotatable bonds is 5. The Morgan fingerprint density at radius 2 is 1.84 bits per heavy atom. The zero-order valence-electron chi connectivity index (χ0n) is 15.8. The van der Waals surface area contributed by atoms with Crippen molar-refractivity contribution in [3.63, 3.8) is 0 Å². The first-order valence-electron chi connectivity index (χ1n) is 9.43. The van der Waals surface area contributed by atoms with Gasteiger partial charge in [-0.05, 0) is 38.5 Å². The van der Waals surface area contributed by atoms with Crippen LogP contribution in [0.2, 0.25) is 0 Å². The quantitative estimate of drug-likeness (QED) is 0.689. The predicted octanol–water partition coefficient (Wildman–Crippen LogP) is 2.26. The molecule has 1 heterocycles. The van der Waals surface area contributed by atoms with Crippen LogP contribution in [0.15, 0.2) is 0 Å². The molecule has 2 aliphatic rings. The second-order valence-electron chi connectivity index (χ2n) is 7.98. The summed E-state index contributed by atoms with van der Waals surface area (Å²) in [6.07, 6.45) is 6.25. The lowest BCUT2D eigenvalue weighted by Crippen LogP contribution is -2.58. The molecule has 0 aromatic heterocycles. The van der Waals surface area contributed by atoms with Gasteiger partial charge in [-0.15, -0.1) is 12.4 Å². The third-order valence-corrected chi connectivity index (χ3v) is 5.87. The molecule has 3 amide bonds. The van der Waals surface area contributed by atoms with Crippen LogP contribution in [-0.4, -0.2) is 48.1 Å². The number of carbonyl (C=O) groups is 2. The molecule has 4 N–H and O–H groups in total. The Morgan fingerprint density at radius 1 is 1.20 bits per heavy atom. The Morgan fingerprint density at radius 3 is 2.40 bits per heavy atom. The minimum atomic E-state index is -0.397. The summed E-state index contributed by atoms with van der Waals surface area (Å²) in [7, 11) is 0. The van der Waals surface area contributed by atoms with E-state index in [2.05, 4.69) is 24.5 Å². The van der Waals surface area contributed by atoms with Gasteiger partial charge in [-0.25, -0.2) is 4.79 Å². The number of nitrogens with zero attached hydrogens (tertiary/aromatic N) is 1. The SMILES string of the molecule is CC(C)C(C)(CN)NC(=O)C1CCCN(C(=O)NC2CCCC2)C1.Cl. The summed E-state index contributed by atoms with van der Waals surface area (Å²) in [5, 5.41) is 6.24. The molecule has 2 rings (SSSR count). The van der Waals surface area contributed by atoms with Crippen molar-refractivity contribution < 1.29 is 9.59 Å². The monoisotopic (exact) mass is 374 g/mol. The average molecular weight is 375 g/mol. The first-order valence-corrected chi connectivity index (χ1v) is 9.43. The molecule has 2 fully saturated rings. The van der Waals surface area contributed by atoms with Gasteiger partial charge in [0.25, 0.3) is 0 Å². The molecule has 7 heteroatoms. The third kappa shape index (κ3) is 5.74. The van der Waals surface area contributed by atoms with E-state index < -0.39 is 5.54 Å². The van der Waals surface area contributed by atoms with Crippen LogP contribution in [0.3, 0.4) is 0 Å². The summed E-state index contributed by atoms with van der Waals surface area (Å²) in [6.45, 7) is 7.77. The van der Waals surface area contributed by atoms with Gasteiger partial charge in [0.2, 0.25) is 5.91 Å². The fourth-order valence-corrected chi connectivity index (χ4v) is 3.53. The molecular formula is C18H35ClN4O2. The number of hydrogen-bond acceptors (Lipinski definition) is 3.